The maximum atomic E-state index is 13.9. The summed E-state index contributed by atoms with van der Waals surface area (Å²) in [6.45, 7) is 2.86. The Balaban J connectivity index is 2.19. The zero-order valence-corrected chi connectivity index (χ0v) is 11.2. The zero-order valence-electron chi connectivity index (χ0n) is 10.5. The van der Waals surface area contributed by atoms with Gasteiger partial charge in [-0.2, -0.15) is 0 Å². The van der Waals surface area contributed by atoms with Crippen molar-refractivity contribution in [2.45, 2.75) is 38.6 Å². The highest BCUT2D eigenvalue weighted by Crippen LogP contribution is 2.38. The molecule has 0 bridgehead atoms. The van der Waals surface area contributed by atoms with E-state index < -0.39 is 11.6 Å². The largest absolute Gasteiger partial charge is 0.310 e. The molecule has 1 nitrogen and oxygen atoms in total. The van der Waals surface area contributed by atoms with Crippen LogP contribution >= 0.6 is 11.6 Å². The van der Waals surface area contributed by atoms with Crippen LogP contribution in [-0.4, -0.2) is 6.54 Å². The van der Waals surface area contributed by atoms with E-state index in [1.807, 2.05) is 0 Å². The fraction of sp³-hybridized carbons (Fsp3) is 0.571. The molecule has 2 rings (SSSR count). The summed E-state index contributed by atoms with van der Waals surface area (Å²) in [6.07, 6.45) is 4.24. The molecule has 0 radical (unpaired) electrons. The summed E-state index contributed by atoms with van der Waals surface area (Å²) in [4.78, 5) is 0. The zero-order chi connectivity index (χ0) is 13.1. The van der Waals surface area contributed by atoms with E-state index in [9.17, 15) is 8.78 Å². The number of hydrogen-bond donors (Lipinski definition) is 1. The van der Waals surface area contributed by atoms with Crippen molar-refractivity contribution in [2.24, 2.45) is 5.92 Å². The number of benzene rings is 1. The fourth-order valence-corrected chi connectivity index (χ4v) is 2.28. The molecule has 1 fully saturated rings. The minimum absolute atomic E-state index is 0.107. The molecule has 1 atom stereocenters. The molecule has 0 amide bonds. The van der Waals surface area contributed by atoms with Gasteiger partial charge < -0.3 is 5.32 Å². The highest BCUT2D eigenvalue weighted by molar-refractivity contribution is 6.30. The fourth-order valence-electron chi connectivity index (χ4n) is 2.13. The molecule has 0 heterocycles. The van der Waals surface area contributed by atoms with E-state index in [0.29, 0.717) is 11.5 Å². The predicted octanol–water partition coefficient (Wildman–Crippen LogP) is 4.46. The topological polar surface area (TPSA) is 12.0 Å². The third kappa shape index (κ3) is 3.42. The van der Waals surface area contributed by atoms with Gasteiger partial charge in [-0.3, -0.25) is 0 Å². The number of rotatable bonds is 6. The standard InChI is InChI=1S/C14H18ClF2N/c1-2-5-18-14(6-9-3-4-9)10-7-13(17)11(15)8-12(10)16/h7-9,14,18H,2-6H2,1H3. The van der Waals surface area contributed by atoms with Crippen molar-refractivity contribution in [3.05, 3.63) is 34.4 Å². The van der Waals surface area contributed by atoms with Gasteiger partial charge in [0.15, 0.2) is 0 Å². The van der Waals surface area contributed by atoms with Gasteiger partial charge in [0.05, 0.1) is 5.02 Å². The predicted molar refractivity (Wildman–Crippen MR) is 69.7 cm³/mol. The highest BCUT2D eigenvalue weighted by atomic mass is 35.5. The number of hydrogen-bond acceptors (Lipinski definition) is 1. The van der Waals surface area contributed by atoms with E-state index in [0.717, 1.165) is 25.5 Å². The van der Waals surface area contributed by atoms with Crippen molar-refractivity contribution >= 4 is 11.6 Å². The molecule has 18 heavy (non-hydrogen) atoms. The van der Waals surface area contributed by atoms with Gasteiger partial charge in [0.1, 0.15) is 11.6 Å². The van der Waals surface area contributed by atoms with Crippen LogP contribution in [0.4, 0.5) is 8.78 Å². The molecule has 1 N–H and O–H groups in total. The van der Waals surface area contributed by atoms with Gasteiger partial charge in [0.2, 0.25) is 0 Å². The van der Waals surface area contributed by atoms with Crippen molar-refractivity contribution < 1.29 is 8.78 Å². The van der Waals surface area contributed by atoms with Crippen LogP contribution < -0.4 is 5.32 Å². The van der Waals surface area contributed by atoms with E-state index in [1.54, 1.807) is 0 Å². The van der Waals surface area contributed by atoms with Gasteiger partial charge >= 0.3 is 0 Å². The Labute approximate surface area is 112 Å². The lowest BCUT2D eigenvalue weighted by Crippen LogP contribution is -2.23. The van der Waals surface area contributed by atoms with Crippen molar-refractivity contribution in [2.75, 3.05) is 6.54 Å². The summed E-state index contributed by atoms with van der Waals surface area (Å²) in [6, 6.07) is 2.19. The van der Waals surface area contributed by atoms with E-state index in [1.165, 1.54) is 18.9 Å². The van der Waals surface area contributed by atoms with Crippen molar-refractivity contribution in [3.8, 4) is 0 Å². The molecule has 1 aliphatic rings. The van der Waals surface area contributed by atoms with Crippen LogP contribution in [0.3, 0.4) is 0 Å². The van der Waals surface area contributed by atoms with Crippen molar-refractivity contribution in [3.63, 3.8) is 0 Å². The van der Waals surface area contributed by atoms with Crippen molar-refractivity contribution in [1.29, 1.82) is 0 Å². The molecule has 0 aromatic heterocycles. The SMILES string of the molecule is CCCNC(CC1CC1)c1cc(F)c(Cl)cc1F. The first kappa shape index (κ1) is 13.8. The van der Waals surface area contributed by atoms with E-state index >= 15 is 0 Å². The molecule has 1 aromatic rings. The van der Waals surface area contributed by atoms with Crippen LogP contribution in [0.5, 0.6) is 0 Å². The van der Waals surface area contributed by atoms with Crippen LogP contribution in [0.25, 0.3) is 0 Å². The third-order valence-corrected chi connectivity index (χ3v) is 3.61. The second kappa shape index (κ2) is 5.98. The lowest BCUT2D eigenvalue weighted by molar-refractivity contribution is 0.449. The maximum Gasteiger partial charge on any atom is 0.142 e. The average Bonchev–Trinajstić information content (AvgIpc) is 3.13. The maximum absolute atomic E-state index is 13.9. The van der Waals surface area contributed by atoms with Crippen LogP contribution in [-0.2, 0) is 0 Å². The molecule has 100 valence electrons. The Hall–Kier alpha value is -0.670. The van der Waals surface area contributed by atoms with Gasteiger partial charge in [0, 0.05) is 11.6 Å². The lowest BCUT2D eigenvalue weighted by Gasteiger charge is -2.19. The Morgan fingerprint density at radius 3 is 2.67 bits per heavy atom. The Morgan fingerprint density at radius 1 is 1.33 bits per heavy atom. The normalized spacial score (nSPS) is 16.9. The first-order valence-corrected chi connectivity index (χ1v) is 6.87. The first-order valence-electron chi connectivity index (χ1n) is 6.49. The molecule has 0 saturated heterocycles. The summed E-state index contributed by atoms with van der Waals surface area (Å²) >= 11 is 5.58. The van der Waals surface area contributed by atoms with Gasteiger partial charge in [-0.1, -0.05) is 31.4 Å². The van der Waals surface area contributed by atoms with E-state index in [-0.39, 0.29) is 11.1 Å². The molecule has 4 heteroatoms. The minimum Gasteiger partial charge on any atom is -0.310 e. The number of halogens is 3. The molecule has 1 unspecified atom stereocenters. The summed E-state index contributed by atoms with van der Waals surface area (Å²) in [7, 11) is 0. The Kier molecular flexibility index (Phi) is 4.57. The van der Waals surface area contributed by atoms with Gasteiger partial charge in [-0.15, -0.1) is 0 Å². The summed E-state index contributed by atoms with van der Waals surface area (Å²) < 4.78 is 27.4. The minimum atomic E-state index is -0.549. The van der Waals surface area contributed by atoms with Crippen LogP contribution in [0.15, 0.2) is 12.1 Å². The van der Waals surface area contributed by atoms with Crippen LogP contribution in [0, 0.1) is 17.6 Å². The van der Waals surface area contributed by atoms with Gasteiger partial charge in [-0.25, -0.2) is 8.78 Å². The van der Waals surface area contributed by atoms with E-state index in [4.69, 9.17) is 11.6 Å². The monoisotopic (exact) mass is 273 g/mol. The molecule has 1 saturated carbocycles. The lowest BCUT2D eigenvalue weighted by atomic mass is 10.00. The second-order valence-electron chi connectivity index (χ2n) is 4.97. The molecule has 1 aliphatic carbocycles. The molecule has 0 spiro atoms. The Bertz CT molecular complexity index is 419. The van der Waals surface area contributed by atoms with Crippen molar-refractivity contribution in [1.82, 2.24) is 5.32 Å². The third-order valence-electron chi connectivity index (χ3n) is 3.32. The number of nitrogens with one attached hydrogen (secondary N) is 1. The molecular formula is C14H18ClF2N. The average molecular weight is 274 g/mol. The van der Waals surface area contributed by atoms with Crippen LogP contribution in [0.2, 0.25) is 5.02 Å². The highest BCUT2D eigenvalue weighted by Gasteiger charge is 2.27. The molecule has 1 aromatic carbocycles. The second-order valence-corrected chi connectivity index (χ2v) is 5.38. The quantitative estimate of drug-likeness (QED) is 0.755. The Morgan fingerprint density at radius 2 is 2.06 bits per heavy atom. The van der Waals surface area contributed by atoms with E-state index in [2.05, 4.69) is 12.2 Å². The molecule has 0 aliphatic heterocycles. The van der Waals surface area contributed by atoms with Crippen LogP contribution in [0.1, 0.15) is 44.2 Å². The smallest absolute Gasteiger partial charge is 0.142 e. The summed E-state index contributed by atoms with van der Waals surface area (Å²) in [5, 5.41) is 3.14. The first-order chi connectivity index (χ1) is 8.61. The summed E-state index contributed by atoms with van der Waals surface area (Å²) in [5.74, 6) is -0.319. The summed E-state index contributed by atoms with van der Waals surface area (Å²) in [5.41, 5.74) is 0.400. The van der Waals surface area contributed by atoms with Gasteiger partial charge in [-0.05, 0) is 37.4 Å². The molecular weight excluding hydrogens is 256 g/mol. The van der Waals surface area contributed by atoms with Gasteiger partial charge in [0.25, 0.3) is 0 Å².